The Morgan fingerprint density at radius 2 is 2.05 bits per heavy atom. The van der Waals surface area contributed by atoms with E-state index in [1.54, 1.807) is 24.3 Å². The Bertz CT molecular complexity index is 689. The van der Waals surface area contributed by atoms with Gasteiger partial charge in [0.2, 0.25) is 5.95 Å². The Morgan fingerprint density at radius 1 is 1.33 bits per heavy atom. The summed E-state index contributed by atoms with van der Waals surface area (Å²) in [5, 5.41) is 0. The van der Waals surface area contributed by atoms with Gasteiger partial charge >= 0.3 is 6.18 Å². The summed E-state index contributed by atoms with van der Waals surface area (Å²) in [6.45, 7) is 0. The maximum Gasteiger partial charge on any atom is 0.419 e. The first-order valence-electron chi connectivity index (χ1n) is 5.88. The molecule has 1 unspecified atom stereocenters. The lowest BCUT2D eigenvalue weighted by Crippen LogP contribution is -2.13. The number of nitrogens with zero attached hydrogens (tertiary/aromatic N) is 2. The number of nitrogens with two attached hydrogens (primary N) is 1. The third-order valence-corrected chi connectivity index (χ3v) is 3.71. The van der Waals surface area contributed by atoms with Gasteiger partial charge < -0.3 is 5.73 Å². The standard InChI is InChI=1S/C13H12F3N3OS/c1-21(20)9-4-2-3-8(5-9)6-11-10(13(14,15)16)7-18-12(17)19-11/h2-5,7H,6H2,1H3,(H2,17,18,19). The highest BCUT2D eigenvalue weighted by Crippen LogP contribution is 2.32. The van der Waals surface area contributed by atoms with Crippen molar-refractivity contribution in [3.05, 3.63) is 47.3 Å². The zero-order valence-electron chi connectivity index (χ0n) is 11.0. The van der Waals surface area contributed by atoms with Crippen molar-refractivity contribution in [3.8, 4) is 0 Å². The van der Waals surface area contributed by atoms with Crippen molar-refractivity contribution in [3.63, 3.8) is 0 Å². The van der Waals surface area contributed by atoms with Crippen molar-refractivity contribution >= 4 is 16.7 Å². The van der Waals surface area contributed by atoms with Crippen LogP contribution in [0.1, 0.15) is 16.8 Å². The van der Waals surface area contributed by atoms with Gasteiger partial charge in [0.05, 0.1) is 11.3 Å². The van der Waals surface area contributed by atoms with Crippen molar-refractivity contribution in [2.45, 2.75) is 17.5 Å². The van der Waals surface area contributed by atoms with Crippen molar-refractivity contribution in [1.29, 1.82) is 0 Å². The average molecular weight is 315 g/mol. The van der Waals surface area contributed by atoms with E-state index >= 15 is 0 Å². The van der Waals surface area contributed by atoms with Crippen LogP contribution in [0.2, 0.25) is 0 Å². The lowest BCUT2D eigenvalue weighted by Gasteiger charge is -2.12. The Morgan fingerprint density at radius 3 is 2.67 bits per heavy atom. The first-order chi connectivity index (χ1) is 9.77. The van der Waals surface area contributed by atoms with Crippen LogP contribution in [-0.2, 0) is 23.4 Å². The molecule has 2 aromatic rings. The molecule has 0 saturated heterocycles. The average Bonchev–Trinajstić information content (AvgIpc) is 2.37. The van der Waals surface area contributed by atoms with Crippen LogP contribution < -0.4 is 5.73 Å². The van der Waals surface area contributed by atoms with E-state index in [1.807, 2.05) is 0 Å². The molecule has 8 heteroatoms. The number of alkyl halides is 3. The summed E-state index contributed by atoms with van der Waals surface area (Å²) in [5.74, 6) is -0.215. The molecule has 0 aliphatic rings. The molecule has 21 heavy (non-hydrogen) atoms. The maximum absolute atomic E-state index is 12.9. The number of hydrogen-bond donors (Lipinski definition) is 1. The van der Waals surface area contributed by atoms with Crippen molar-refractivity contribution in [2.75, 3.05) is 12.0 Å². The second kappa shape index (κ2) is 5.80. The summed E-state index contributed by atoms with van der Waals surface area (Å²) in [6, 6.07) is 6.53. The minimum Gasteiger partial charge on any atom is -0.368 e. The smallest absolute Gasteiger partial charge is 0.368 e. The number of benzene rings is 1. The monoisotopic (exact) mass is 315 g/mol. The Kier molecular flexibility index (Phi) is 4.26. The largest absolute Gasteiger partial charge is 0.419 e. The Hall–Kier alpha value is -1.96. The van der Waals surface area contributed by atoms with Crippen LogP contribution in [0.3, 0.4) is 0 Å². The fourth-order valence-electron chi connectivity index (χ4n) is 1.83. The maximum atomic E-state index is 12.9. The predicted molar refractivity (Wildman–Crippen MR) is 73.0 cm³/mol. The van der Waals surface area contributed by atoms with E-state index in [0.717, 1.165) is 0 Å². The fourth-order valence-corrected chi connectivity index (χ4v) is 2.42. The third-order valence-electron chi connectivity index (χ3n) is 2.79. The summed E-state index contributed by atoms with van der Waals surface area (Å²) >= 11 is 0. The Labute approximate surface area is 121 Å². The van der Waals surface area contributed by atoms with Gasteiger partial charge in [-0.05, 0) is 17.7 Å². The predicted octanol–water partition coefficient (Wildman–Crippen LogP) is 2.41. The first kappa shape index (κ1) is 15.4. The number of anilines is 1. The van der Waals surface area contributed by atoms with Gasteiger partial charge in [-0.15, -0.1) is 0 Å². The highest BCUT2D eigenvalue weighted by Gasteiger charge is 2.34. The molecule has 1 aromatic carbocycles. The number of halogens is 3. The van der Waals surface area contributed by atoms with E-state index in [4.69, 9.17) is 5.73 Å². The summed E-state index contributed by atoms with van der Waals surface area (Å²) < 4.78 is 50.2. The van der Waals surface area contributed by atoms with Crippen molar-refractivity contribution in [2.24, 2.45) is 0 Å². The molecule has 0 aliphatic carbocycles. The van der Waals surface area contributed by atoms with Crippen LogP contribution in [0.15, 0.2) is 35.4 Å². The number of nitrogen functional groups attached to an aromatic ring is 1. The molecule has 4 nitrogen and oxygen atoms in total. The van der Waals surface area contributed by atoms with Gasteiger partial charge in [0.25, 0.3) is 0 Å². The summed E-state index contributed by atoms with van der Waals surface area (Å²) in [7, 11) is -1.20. The molecule has 0 saturated carbocycles. The lowest BCUT2D eigenvalue weighted by atomic mass is 10.1. The molecule has 0 amide bonds. The summed E-state index contributed by atoms with van der Waals surface area (Å²) in [4.78, 5) is 7.62. The molecular weight excluding hydrogens is 303 g/mol. The van der Waals surface area contributed by atoms with E-state index in [-0.39, 0.29) is 18.1 Å². The van der Waals surface area contributed by atoms with Crippen LogP contribution in [0.4, 0.5) is 19.1 Å². The molecule has 0 radical (unpaired) electrons. The van der Waals surface area contributed by atoms with Crippen molar-refractivity contribution < 1.29 is 17.4 Å². The van der Waals surface area contributed by atoms with E-state index in [9.17, 15) is 17.4 Å². The molecule has 2 N–H and O–H groups in total. The molecule has 0 fully saturated rings. The van der Waals surface area contributed by atoms with E-state index in [0.29, 0.717) is 16.7 Å². The minimum absolute atomic E-state index is 0.0629. The highest BCUT2D eigenvalue weighted by atomic mass is 32.2. The van der Waals surface area contributed by atoms with Crippen molar-refractivity contribution in [1.82, 2.24) is 9.97 Å². The van der Waals surface area contributed by atoms with Gasteiger partial charge in [0.15, 0.2) is 0 Å². The van der Waals surface area contributed by atoms with E-state index in [2.05, 4.69) is 9.97 Å². The van der Waals surface area contributed by atoms with E-state index < -0.39 is 22.5 Å². The number of rotatable bonds is 3. The molecular formula is C13H12F3N3OS. The third kappa shape index (κ3) is 3.78. The number of hydrogen-bond acceptors (Lipinski definition) is 4. The topological polar surface area (TPSA) is 68.9 Å². The normalized spacial score (nSPS) is 13.1. The molecule has 2 rings (SSSR count). The van der Waals surface area contributed by atoms with Gasteiger partial charge in [0, 0.05) is 34.6 Å². The number of aromatic nitrogens is 2. The fraction of sp³-hybridized carbons (Fsp3) is 0.231. The van der Waals surface area contributed by atoms with E-state index in [1.165, 1.54) is 6.26 Å². The van der Waals surface area contributed by atoms with Crippen LogP contribution in [0.5, 0.6) is 0 Å². The first-order valence-corrected chi connectivity index (χ1v) is 7.44. The van der Waals surface area contributed by atoms with Crippen LogP contribution >= 0.6 is 0 Å². The van der Waals surface area contributed by atoms with Crippen LogP contribution in [-0.4, -0.2) is 20.4 Å². The molecule has 1 atom stereocenters. The SMILES string of the molecule is CS(=O)c1cccc(Cc2nc(N)ncc2C(F)(F)F)c1. The zero-order chi connectivity index (χ0) is 15.6. The van der Waals surface area contributed by atoms with Gasteiger partial charge in [-0.2, -0.15) is 13.2 Å². The van der Waals surface area contributed by atoms with Gasteiger partial charge in [-0.3, -0.25) is 4.21 Å². The Balaban J connectivity index is 2.41. The van der Waals surface area contributed by atoms with Crippen LogP contribution in [0.25, 0.3) is 0 Å². The lowest BCUT2D eigenvalue weighted by molar-refractivity contribution is -0.138. The van der Waals surface area contributed by atoms with Crippen LogP contribution in [0, 0.1) is 0 Å². The zero-order valence-corrected chi connectivity index (χ0v) is 11.8. The van der Waals surface area contributed by atoms with Gasteiger partial charge in [0.1, 0.15) is 0 Å². The second-order valence-electron chi connectivity index (χ2n) is 4.36. The minimum atomic E-state index is -4.55. The summed E-state index contributed by atoms with van der Waals surface area (Å²) in [6.07, 6.45) is -2.43. The van der Waals surface area contributed by atoms with Gasteiger partial charge in [-0.1, -0.05) is 12.1 Å². The second-order valence-corrected chi connectivity index (χ2v) is 5.74. The van der Waals surface area contributed by atoms with Gasteiger partial charge in [-0.25, -0.2) is 9.97 Å². The quantitative estimate of drug-likeness (QED) is 0.944. The summed E-state index contributed by atoms with van der Waals surface area (Å²) in [5.41, 5.74) is 4.82. The highest BCUT2D eigenvalue weighted by molar-refractivity contribution is 7.84. The molecule has 1 aromatic heterocycles. The molecule has 112 valence electrons. The molecule has 0 aliphatic heterocycles. The molecule has 1 heterocycles. The molecule has 0 bridgehead atoms. The molecule has 0 spiro atoms.